The van der Waals surface area contributed by atoms with Crippen molar-refractivity contribution in [3.63, 3.8) is 0 Å². The Labute approximate surface area is 169 Å². The predicted octanol–water partition coefficient (Wildman–Crippen LogP) is 2.99. The molecular weight excluding hydrogens is 406 g/mol. The van der Waals surface area contributed by atoms with Crippen LogP contribution >= 0.6 is 15.9 Å². The van der Waals surface area contributed by atoms with Crippen LogP contribution in [0.1, 0.15) is 37.7 Å². The Hall–Kier alpha value is -0.980. The Morgan fingerprint density at radius 1 is 1.22 bits per heavy atom. The van der Waals surface area contributed by atoms with E-state index in [1.807, 2.05) is 18.5 Å². The van der Waals surface area contributed by atoms with Gasteiger partial charge in [-0.25, -0.2) is 0 Å². The number of hydrogen-bond acceptors (Lipinski definition) is 4. The monoisotopic (exact) mass is 433 g/mol. The van der Waals surface area contributed by atoms with E-state index in [-0.39, 0.29) is 12.0 Å². The van der Waals surface area contributed by atoms with Gasteiger partial charge in [0.25, 0.3) is 5.91 Å². The second kappa shape index (κ2) is 7.45. The number of carbonyl (C=O) groups is 1. The third-order valence-corrected chi connectivity index (χ3v) is 7.94. The Balaban J connectivity index is 1.20. The summed E-state index contributed by atoms with van der Waals surface area (Å²) < 4.78 is 6.87. The molecular formula is C21H28BrN3O2. The van der Waals surface area contributed by atoms with E-state index < -0.39 is 0 Å². The topological polar surface area (TPSA) is 54.5 Å². The molecule has 6 heteroatoms. The van der Waals surface area contributed by atoms with E-state index in [2.05, 4.69) is 31.1 Å². The number of nitrogens with zero attached hydrogens (tertiary/aromatic N) is 2. The highest BCUT2D eigenvalue weighted by Gasteiger charge is 2.49. The summed E-state index contributed by atoms with van der Waals surface area (Å²) in [6, 6.07) is 2.42. The van der Waals surface area contributed by atoms with Crippen LogP contribution in [0.5, 0.6) is 0 Å². The molecule has 4 aliphatic carbocycles. The summed E-state index contributed by atoms with van der Waals surface area (Å²) in [7, 11) is 0. The van der Waals surface area contributed by atoms with Crippen molar-refractivity contribution in [2.75, 3.05) is 19.7 Å². The third kappa shape index (κ3) is 3.68. The molecule has 1 saturated heterocycles. The molecule has 0 radical (unpaired) electrons. The molecule has 1 aromatic heterocycles. The summed E-state index contributed by atoms with van der Waals surface area (Å²) in [6.07, 6.45) is 10.0. The molecule has 1 N–H and O–H groups in total. The normalized spacial score (nSPS) is 38.1. The fraction of sp³-hybridized carbons (Fsp3) is 0.714. The Morgan fingerprint density at radius 3 is 2.67 bits per heavy atom. The van der Waals surface area contributed by atoms with E-state index in [1.54, 1.807) is 0 Å². The highest BCUT2D eigenvalue weighted by atomic mass is 79.9. The van der Waals surface area contributed by atoms with Crippen molar-refractivity contribution in [1.82, 2.24) is 15.2 Å². The molecule has 5 nitrogen and oxygen atoms in total. The molecule has 1 aromatic rings. The van der Waals surface area contributed by atoms with Crippen molar-refractivity contribution < 1.29 is 9.53 Å². The highest BCUT2D eigenvalue weighted by molar-refractivity contribution is 9.10. The van der Waals surface area contributed by atoms with Gasteiger partial charge in [0.05, 0.1) is 6.61 Å². The van der Waals surface area contributed by atoms with Crippen molar-refractivity contribution in [3.05, 3.63) is 28.5 Å². The second-order valence-corrected chi connectivity index (χ2v) is 9.88. The molecule has 146 valence electrons. The lowest BCUT2D eigenvalue weighted by atomic mass is 9.54. The van der Waals surface area contributed by atoms with Gasteiger partial charge in [0.15, 0.2) is 0 Å². The molecule has 1 aliphatic heterocycles. The first-order valence-corrected chi connectivity index (χ1v) is 11.2. The van der Waals surface area contributed by atoms with Crippen LogP contribution < -0.4 is 5.32 Å². The van der Waals surface area contributed by atoms with Gasteiger partial charge < -0.3 is 10.1 Å². The lowest BCUT2D eigenvalue weighted by molar-refractivity contribution is -0.142. The smallest absolute Gasteiger partial charge is 0.250 e. The zero-order chi connectivity index (χ0) is 18.4. The molecule has 1 unspecified atom stereocenters. The fourth-order valence-corrected chi connectivity index (χ4v) is 6.57. The number of pyridine rings is 1. The molecule has 5 aliphatic rings. The first-order valence-electron chi connectivity index (χ1n) is 10.4. The summed E-state index contributed by atoms with van der Waals surface area (Å²) in [5.74, 6) is 3.38. The standard InChI is InChI=1S/C21H28BrN3O2/c22-18-10-23-2-1-15(18)11-25-3-4-27-19(12-25)21(26)24-20-16-6-13-5-14(8-16)9-17(20)7-13/h1-2,10,13-14,16-17,19-20H,3-9,11-12H2,(H,24,26). The molecule has 0 aromatic carbocycles. The molecule has 4 bridgehead atoms. The van der Waals surface area contributed by atoms with Gasteiger partial charge in [-0.05, 0) is 83.3 Å². The number of rotatable bonds is 4. The second-order valence-electron chi connectivity index (χ2n) is 9.03. The number of halogens is 1. The lowest BCUT2D eigenvalue weighted by Gasteiger charge is -2.54. The third-order valence-electron chi connectivity index (χ3n) is 7.23. The van der Waals surface area contributed by atoms with Crippen LogP contribution in [0.4, 0.5) is 0 Å². The number of nitrogens with one attached hydrogen (secondary N) is 1. The van der Waals surface area contributed by atoms with Gasteiger partial charge in [-0.2, -0.15) is 0 Å². The summed E-state index contributed by atoms with van der Waals surface area (Å²) in [6.45, 7) is 2.95. The Bertz CT molecular complexity index is 684. The van der Waals surface area contributed by atoms with Crippen molar-refractivity contribution in [3.8, 4) is 0 Å². The Morgan fingerprint density at radius 2 is 1.96 bits per heavy atom. The minimum absolute atomic E-state index is 0.103. The van der Waals surface area contributed by atoms with Crippen LogP contribution in [0.15, 0.2) is 22.9 Å². The summed E-state index contributed by atoms with van der Waals surface area (Å²) >= 11 is 3.57. The number of morpholine rings is 1. The summed E-state index contributed by atoms with van der Waals surface area (Å²) in [5, 5.41) is 3.42. The quantitative estimate of drug-likeness (QED) is 0.792. The molecule has 5 fully saturated rings. The fourth-order valence-electron chi connectivity index (χ4n) is 6.20. The zero-order valence-corrected chi connectivity index (χ0v) is 17.2. The number of ether oxygens (including phenoxy) is 1. The SMILES string of the molecule is O=C(NC1C2CC3CC(C2)CC1C3)C1CN(Cc2ccncc2Br)CCO1. The van der Waals surface area contributed by atoms with Crippen LogP contribution in [-0.2, 0) is 16.1 Å². The molecule has 1 atom stereocenters. The maximum Gasteiger partial charge on any atom is 0.250 e. The maximum absolute atomic E-state index is 13.0. The van der Waals surface area contributed by atoms with Gasteiger partial charge in [-0.1, -0.05) is 0 Å². The maximum atomic E-state index is 13.0. The number of hydrogen-bond donors (Lipinski definition) is 1. The van der Waals surface area contributed by atoms with Gasteiger partial charge in [0.2, 0.25) is 0 Å². The van der Waals surface area contributed by atoms with Crippen LogP contribution in [0.25, 0.3) is 0 Å². The van der Waals surface area contributed by atoms with Gasteiger partial charge in [-0.15, -0.1) is 0 Å². The number of aromatic nitrogens is 1. The summed E-state index contributed by atoms with van der Waals surface area (Å²) in [4.78, 5) is 19.4. The highest BCUT2D eigenvalue weighted by Crippen LogP contribution is 2.53. The lowest BCUT2D eigenvalue weighted by Crippen LogP contribution is -2.59. The van der Waals surface area contributed by atoms with Gasteiger partial charge in [0.1, 0.15) is 6.10 Å². The van der Waals surface area contributed by atoms with Crippen molar-refractivity contribution >= 4 is 21.8 Å². The molecule has 0 spiro atoms. The molecule has 27 heavy (non-hydrogen) atoms. The number of amides is 1. The zero-order valence-electron chi connectivity index (χ0n) is 15.6. The summed E-state index contributed by atoms with van der Waals surface area (Å²) in [5.41, 5.74) is 1.20. The van der Waals surface area contributed by atoms with Crippen LogP contribution in [0.3, 0.4) is 0 Å². The van der Waals surface area contributed by atoms with E-state index in [9.17, 15) is 4.79 Å². The molecule has 2 heterocycles. The Kier molecular flexibility index (Phi) is 4.99. The number of carbonyl (C=O) groups excluding carboxylic acids is 1. The average molecular weight is 434 g/mol. The van der Waals surface area contributed by atoms with Gasteiger partial charge in [-0.3, -0.25) is 14.7 Å². The van der Waals surface area contributed by atoms with E-state index in [4.69, 9.17) is 4.74 Å². The van der Waals surface area contributed by atoms with E-state index >= 15 is 0 Å². The van der Waals surface area contributed by atoms with Crippen LogP contribution in [0.2, 0.25) is 0 Å². The predicted molar refractivity (Wildman–Crippen MR) is 106 cm³/mol. The van der Waals surface area contributed by atoms with E-state index in [0.717, 1.165) is 29.4 Å². The van der Waals surface area contributed by atoms with E-state index in [0.29, 0.717) is 31.0 Å². The molecule has 1 amide bonds. The average Bonchev–Trinajstić information content (AvgIpc) is 2.66. The van der Waals surface area contributed by atoms with Gasteiger partial charge >= 0.3 is 0 Å². The van der Waals surface area contributed by atoms with Crippen molar-refractivity contribution in [1.29, 1.82) is 0 Å². The van der Waals surface area contributed by atoms with Crippen molar-refractivity contribution in [2.45, 2.75) is 50.8 Å². The van der Waals surface area contributed by atoms with Gasteiger partial charge in [0, 0.05) is 42.5 Å². The largest absolute Gasteiger partial charge is 0.366 e. The molecule has 6 rings (SSSR count). The minimum Gasteiger partial charge on any atom is -0.366 e. The van der Waals surface area contributed by atoms with Crippen molar-refractivity contribution in [2.24, 2.45) is 23.7 Å². The van der Waals surface area contributed by atoms with E-state index in [1.165, 1.54) is 37.7 Å². The first kappa shape index (κ1) is 18.1. The first-order chi connectivity index (χ1) is 13.2. The van der Waals surface area contributed by atoms with Crippen LogP contribution in [0, 0.1) is 23.7 Å². The van der Waals surface area contributed by atoms with Crippen LogP contribution in [-0.4, -0.2) is 47.6 Å². The molecule has 4 saturated carbocycles. The minimum atomic E-state index is -0.350.